The summed E-state index contributed by atoms with van der Waals surface area (Å²) in [4.78, 5) is 19.0. The zero-order valence-corrected chi connectivity index (χ0v) is 10.5. The molecule has 0 aromatic carbocycles. The number of carbonyl (C=O) groups excluding carboxylic acids is 1. The van der Waals surface area contributed by atoms with Crippen molar-refractivity contribution in [1.29, 1.82) is 0 Å². The first kappa shape index (κ1) is 12.7. The molecule has 1 aliphatic rings. The van der Waals surface area contributed by atoms with Crippen molar-refractivity contribution in [3.63, 3.8) is 0 Å². The molecule has 2 atom stereocenters. The van der Waals surface area contributed by atoms with Crippen LogP contribution in [0.4, 0.5) is 10.2 Å². The van der Waals surface area contributed by atoms with E-state index >= 15 is 0 Å². The van der Waals surface area contributed by atoms with Crippen LogP contribution in [0.15, 0.2) is 6.33 Å². The highest BCUT2D eigenvalue weighted by atomic mass is 19.1. The summed E-state index contributed by atoms with van der Waals surface area (Å²) in [5.41, 5.74) is 0.403. The van der Waals surface area contributed by atoms with E-state index in [1.165, 1.54) is 6.33 Å². The average molecular weight is 252 g/mol. The van der Waals surface area contributed by atoms with Crippen LogP contribution in [-0.4, -0.2) is 28.0 Å². The molecular formula is C12H17FN4O. The van der Waals surface area contributed by atoms with Gasteiger partial charge in [0, 0.05) is 18.5 Å². The molecule has 0 bridgehead atoms. The van der Waals surface area contributed by atoms with E-state index in [4.69, 9.17) is 0 Å². The number of piperidine rings is 1. The fraction of sp³-hybridized carbons (Fsp3) is 0.583. The summed E-state index contributed by atoms with van der Waals surface area (Å²) in [6, 6.07) is -0.0394. The number of aromatic nitrogens is 2. The van der Waals surface area contributed by atoms with E-state index in [-0.39, 0.29) is 23.8 Å². The van der Waals surface area contributed by atoms with Crippen LogP contribution in [-0.2, 0) is 11.2 Å². The van der Waals surface area contributed by atoms with Crippen LogP contribution in [0.25, 0.3) is 0 Å². The summed E-state index contributed by atoms with van der Waals surface area (Å²) >= 11 is 0. The molecule has 1 aromatic rings. The molecular weight excluding hydrogens is 235 g/mol. The predicted octanol–water partition coefficient (Wildman–Crippen LogP) is 1.26. The molecule has 1 saturated heterocycles. The van der Waals surface area contributed by atoms with E-state index in [1.54, 1.807) is 0 Å². The molecule has 2 N–H and O–H groups in total. The third kappa shape index (κ3) is 2.57. The van der Waals surface area contributed by atoms with Crippen LogP contribution in [0.2, 0.25) is 0 Å². The Bertz CT molecular complexity index is 452. The summed E-state index contributed by atoms with van der Waals surface area (Å²) in [7, 11) is 0. The van der Waals surface area contributed by atoms with Gasteiger partial charge < -0.3 is 10.6 Å². The van der Waals surface area contributed by atoms with Gasteiger partial charge in [0.2, 0.25) is 5.91 Å². The summed E-state index contributed by atoms with van der Waals surface area (Å²) in [5, 5.41) is 5.88. The molecule has 0 saturated carbocycles. The van der Waals surface area contributed by atoms with Gasteiger partial charge in [-0.1, -0.05) is 6.92 Å². The lowest BCUT2D eigenvalue weighted by molar-refractivity contribution is -0.123. The fourth-order valence-electron chi connectivity index (χ4n) is 2.09. The Hall–Kier alpha value is -1.72. The van der Waals surface area contributed by atoms with Gasteiger partial charge in [0.05, 0.1) is 5.69 Å². The number of halogens is 1. The smallest absolute Gasteiger partial charge is 0.220 e. The lowest BCUT2D eigenvalue weighted by atomic mass is 9.99. The standard InChI is InChI=1S/C12H17FN4O/c1-3-8-11(13)12(15-6-14-8)17-9-4-5-10(18)16-7(9)2/h6-7,9H,3-5H2,1-2H3,(H,16,18)(H,14,15,17). The van der Waals surface area contributed by atoms with E-state index in [2.05, 4.69) is 20.6 Å². The minimum Gasteiger partial charge on any atom is -0.363 e. The Kier molecular flexibility index (Phi) is 3.74. The Morgan fingerprint density at radius 2 is 2.33 bits per heavy atom. The highest BCUT2D eigenvalue weighted by Crippen LogP contribution is 2.18. The molecule has 0 radical (unpaired) electrons. The van der Waals surface area contributed by atoms with E-state index in [1.807, 2.05) is 13.8 Å². The minimum absolute atomic E-state index is 0.00296. The molecule has 5 nitrogen and oxygen atoms in total. The highest BCUT2D eigenvalue weighted by Gasteiger charge is 2.26. The summed E-state index contributed by atoms with van der Waals surface area (Å²) in [6.45, 7) is 3.74. The number of nitrogens with one attached hydrogen (secondary N) is 2. The Morgan fingerprint density at radius 1 is 1.56 bits per heavy atom. The van der Waals surface area contributed by atoms with Gasteiger partial charge in [-0.2, -0.15) is 0 Å². The van der Waals surface area contributed by atoms with Crippen LogP contribution in [0, 0.1) is 5.82 Å². The van der Waals surface area contributed by atoms with Gasteiger partial charge in [-0.25, -0.2) is 14.4 Å². The molecule has 98 valence electrons. The highest BCUT2D eigenvalue weighted by molar-refractivity contribution is 5.77. The summed E-state index contributed by atoms with van der Waals surface area (Å²) < 4.78 is 14.0. The van der Waals surface area contributed by atoms with Crippen LogP contribution < -0.4 is 10.6 Å². The zero-order chi connectivity index (χ0) is 13.1. The Labute approximate surface area is 105 Å². The molecule has 2 unspecified atom stereocenters. The lowest BCUT2D eigenvalue weighted by Gasteiger charge is -2.30. The Balaban J connectivity index is 2.12. The van der Waals surface area contributed by atoms with Gasteiger partial charge in [0.1, 0.15) is 6.33 Å². The molecule has 1 fully saturated rings. The van der Waals surface area contributed by atoms with Gasteiger partial charge >= 0.3 is 0 Å². The maximum atomic E-state index is 14.0. The monoisotopic (exact) mass is 252 g/mol. The maximum Gasteiger partial charge on any atom is 0.220 e. The van der Waals surface area contributed by atoms with Crippen molar-refractivity contribution in [2.24, 2.45) is 0 Å². The molecule has 18 heavy (non-hydrogen) atoms. The number of hydrogen-bond acceptors (Lipinski definition) is 4. The van der Waals surface area contributed by atoms with Crippen molar-refractivity contribution in [3.05, 3.63) is 17.8 Å². The predicted molar refractivity (Wildman–Crippen MR) is 65.6 cm³/mol. The van der Waals surface area contributed by atoms with E-state index in [0.29, 0.717) is 25.0 Å². The topological polar surface area (TPSA) is 66.9 Å². The third-order valence-electron chi connectivity index (χ3n) is 3.19. The van der Waals surface area contributed by atoms with Crippen molar-refractivity contribution < 1.29 is 9.18 Å². The lowest BCUT2D eigenvalue weighted by Crippen LogP contribution is -2.49. The first-order chi connectivity index (χ1) is 8.61. The van der Waals surface area contributed by atoms with Gasteiger partial charge in [0.15, 0.2) is 11.6 Å². The number of carbonyl (C=O) groups is 1. The van der Waals surface area contributed by atoms with E-state index in [0.717, 1.165) is 0 Å². The second-order valence-corrected chi connectivity index (χ2v) is 4.48. The molecule has 6 heteroatoms. The van der Waals surface area contributed by atoms with Crippen molar-refractivity contribution >= 4 is 11.7 Å². The van der Waals surface area contributed by atoms with E-state index < -0.39 is 5.82 Å². The first-order valence-corrected chi connectivity index (χ1v) is 6.17. The maximum absolute atomic E-state index is 14.0. The number of hydrogen-bond donors (Lipinski definition) is 2. The normalized spacial score (nSPS) is 23.6. The molecule has 1 aliphatic heterocycles. The fourth-order valence-corrected chi connectivity index (χ4v) is 2.09. The zero-order valence-electron chi connectivity index (χ0n) is 10.5. The van der Waals surface area contributed by atoms with Crippen LogP contribution >= 0.6 is 0 Å². The van der Waals surface area contributed by atoms with Gasteiger partial charge in [0.25, 0.3) is 0 Å². The van der Waals surface area contributed by atoms with Crippen LogP contribution in [0.5, 0.6) is 0 Å². The quantitative estimate of drug-likeness (QED) is 0.849. The van der Waals surface area contributed by atoms with Gasteiger partial charge in [-0.15, -0.1) is 0 Å². The largest absolute Gasteiger partial charge is 0.363 e. The molecule has 2 rings (SSSR count). The van der Waals surface area contributed by atoms with Crippen molar-refractivity contribution in [2.75, 3.05) is 5.32 Å². The van der Waals surface area contributed by atoms with Crippen molar-refractivity contribution in [1.82, 2.24) is 15.3 Å². The average Bonchev–Trinajstić information content (AvgIpc) is 2.35. The molecule has 0 aliphatic carbocycles. The number of amides is 1. The van der Waals surface area contributed by atoms with Gasteiger partial charge in [-0.05, 0) is 19.8 Å². The number of nitrogens with zero attached hydrogens (tertiary/aromatic N) is 2. The first-order valence-electron chi connectivity index (χ1n) is 6.17. The summed E-state index contributed by atoms with van der Waals surface area (Å²) in [5.74, 6) is -0.142. The molecule has 1 amide bonds. The second-order valence-electron chi connectivity index (χ2n) is 4.48. The van der Waals surface area contributed by atoms with E-state index in [9.17, 15) is 9.18 Å². The number of aryl methyl sites for hydroxylation is 1. The molecule has 2 heterocycles. The Morgan fingerprint density at radius 3 is 3.00 bits per heavy atom. The van der Waals surface area contributed by atoms with Crippen molar-refractivity contribution in [3.8, 4) is 0 Å². The summed E-state index contributed by atoms with van der Waals surface area (Å²) in [6.07, 6.45) is 3.02. The second kappa shape index (κ2) is 5.29. The number of rotatable bonds is 3. The molecule has 1 aromatic heterocycles. The van der Waals surface area contributed by atoms with Crippen LogP contribution in [0.3, 0.4) is 0 Å². The third-order valence-corrected chi connectivity index (χ3v) is 3.19. The number of anilines is 1. The SMILES string of the molecule is CCc1ncnc(NC2CCC(=O)NC2C)c1F. The van der Waals surface area contributed by atoms with Gasteiger partial charge in [-0.3, -0.25) is 4.79 Å². The molecule has 0 spiro atoms. The van der Waals surface area contributed by atoms with Crippen LogP contribution in [0.1, 0.15) is 32.4 Å². The minimum atomic E-state index is -0.399. The van der Waals surface area contributed by atoms with Crippen molar-refractivity contribution in [2.45, 2.75) is 45.2 Å².